The summed E-state index contributed by atoms with van der Waals surface area (Å²) in [5.41, 5.74) is 4.29. The summed E-state index contributed by atoms with van der Waals surface area (Å²) in [4.78, 5) is 23.8. The maximum absolute atomic E-state index is 11.9. The van der Waals surface area contributed by atoms with Gasteiger partial charge in [0.25, 0.3) is 0 Å². The van der Waals surface area contributed by atoms with Crippen LogP contribution in [0.3, 0.4) is 0 Å². The van der Waals surface area contributed by atoms with Crippen LogP contribution in [0.25, 0.3) is 0 Å². The number of hydrogen-bond donors (Lipinski definition) is 0. The lowest BCUT2D eigenvalue weighted by atomic mass is 9.33. The second-order valence-corrected chi connectivity index (χ2v) is 15.7. The van der Waals surface area contributed by atoms with Gasteiger partial charge in [-0.15, -0.1) is 0 Å². The lowest BCUT2D eigenvalue weighted by Crippen LogP contribution is -2.66. The first kappa shape index (κ1) is 28.2. The highest BCUT2D eigenvalue weighted by molar-refractivity contribution is 5.66. The average molecular weight is 527 g/mol. The molecule has 0 spiro atoms. The summed E-state index contributed by atoms with van der Waals surface area (Å²) < 4.78 is 11.7. The number of rotatable bonds is 4. The molecule has 5 rings (SSSR count). The summed E-state index contributed by atoms with van der Waals surface area (Å²) in [7, 11) is 0. The lowest BCUT2D eigenvalue weighted by Gasteiger charge is -2.72. The monoisotopic (exact) mass is 526 g/mol. The molecular weight excluding hydrogens is 472 g/mol. The molecule has 0 unspecified atom stereocenters. The summed E-state index contributed by atoms with van der Waals surface area (Å²) >= 11 is 0. The zero-order chi connectivity index (χ0) is 27.9. The van der Waals surface area contributed by atoms with E-state index in [2.05, 4.69) is 48.5 Å². The Kier molecular flexibility index (Phi) is 6.76. The van der Waals surface area contributed by atoms with Crippen LogP contribution >= 0.6 is 0 Å². The van der Waals surface area contributed by atoms with Crippen LogP contribution in [0, 0.1) is 50.7 Å². The highest BCUT2D eigenvalue weighted by Crippen LogP contribution is 2.76. The third-order valence-electron chi connectivity index (χ3n) is 13.6. The van der Waals surface area contributed by atoms with Crippen molar-refractivity contribution in [1.29, 1.82) is 0 Å². The molecule has 0 saturated heterocycles. The van der Waals surface area contributed by atoms with Gasteiger partial charge in [0.2, 0.25) is 0 Å². The van der Waals surface area contributed by atoms with Gasteiger partial charge in [-0.25, -0.2) is 0 Å². The van der Waals surface area contributed by atoms with E-state index in [0.717, 1.165) is 25.7 Å². The van der Waals surface area contributed by atoms with Crippen molar-refractivity contribution < 1.29 is 19.1 Å². The predicted molar refractivity (Wildman–Crippen MR) is 151 cm³/mol. The summed E-state index contributed by atoms with van der Waals surface area (Å²) in [6.07, 6.45) is 11.9. The predicted octanol–water partition coefficient (Wildman–Crippen LogP) is 8.28. The average Bonchev–Trinajstić information content (AvgIpc) is 3.20. The van der Waals surface area contributed by atoms with Crippen LogP contribution in [-0.2, 0) is 19.1 Å². The molecule has 8 atom stereocenters. The summed E-state index contributed by atoms with van der Waals surface area (Å²) in [5, 5.41) is 0. The molecular formula is C34H54O4. The first-order chi connectivity index (χ1) is 17.6. The molecule has 4 nitrogen and oxygen atoms in total. The molecule has 0 aromatic rings. The van der Waals surface area contributed by atoms with E-state index in [1.165, 1.54) is 38.5 Å². The van der Waals surface area contributed by atoms with Crippen molar-refractivity contribution in [2.45, 2.75) is 133 Å². The molecule has 0 N–H and O–H groups in total. The van der Waals surface area contributed by atoms with Crippen LogP contribution in [-0.4, -0.2) is 24.6 Å². The third kappa shape index (κ3) is 3.80. The lowest BCUT2D eigenvalue weighted by molar-refractivity contribution is -0.233. The molecule has 0 aromatic heterocycles. The second-order valence-electron chi connectivity index (χ2n) is 15.7. The van der Waals surface area contributed by atoms with Crippen molar-refractivity contribution >= 4 is 11.9 Å². The van der Waals surface area contributed by atoms with Gasteiger partial charge in [0.05, 0.1) is 0 Å². The van der Waals surface area contributed by atoms with Gasteiger partial charge >= 0.3 is 11.9 Å². The molecule has 4 saturated carbocycles. The number of carbonyl (C=O) groups is 2. The van der Waals surface area contributed by atoms with Gasteiger partial charge < -0.3 is 9.47 Å². The Morgan fingerprint density at radius 3 is 2.16 bits per heavy atom. The minimum atomic E-state index is -0.140. The van der Waals surface area contributed by atoms with Crippen LogP contribution in [0.5, 0.6) is 0 Å². The van der Waals surface area contributed by atoms with Crippen molar-refractivity contribution in [3.63, 3.8) is 0 Å². The molecule has 38 heavy (non-hydrogen) atoms. The Bertz CT molecular complexity index is 1020. The summed E-state index contributed by atoms with van der Waals surface area (Å²) in [6, 6.07) is 0. The first-order valence-electron chi connectivity index (χ1n) is 15.7. The first-order valence-corrected chi connectivity index (χ1v) is 15.7. The molecule has 0 heterocycles. The fraction of sp³-hybridized carbons (Fsp3) is 0.882. The van der Waals surface area contributed by atoms with Gasteiger partial charge in [-0.2, -0.15) is 0 Å². The van der Waals surface area contributed by atoms with Gasteiger partial charge in [-0.05, 0) is 104 Å². The van der Waals surface area contributed by atoms with E-state index in [1.807, 2.05) is 0 Å². The highest BCUT2D eigenvalue weighted by Gasteiger charge is 2.69. The van der Waals surface area contributed by atoms with Crippen molar-refractivity contribution in [2.75, 3.05) is 6.61 Å². The quantitative estimate of drug-likeness (QED) is 0.273. The highest BCUT2D eigenvalue weighted by atomic mass is 16.5. The number of hydrogen-bond acceptors (Lipinski definition) is 4. The van der Waals surface area contributed by atoms with Gasteiger partial charge in [0.15, 0.2) is 0 Å². The number of esters is 2. The van der Waals surface area contributed by atoms with Gasteiger partial charge in [0.1, 0.15) is 12.7 Å². The van der Waals surface area contributed by atoms with Gasteiger partial charge in [-0.1, -0.05) is 59.6 Å². The summed E-state index contributed by atoms with van der Waals surface area (Å²) in [6.45, 7) is 21.1. The molecule has 5 aliphatic carbocycles. The Labute approximate surface area is 232 Å². The van der Waals surface area contributed by atoms with Crippen LogP contribution in [0.15, 0.2) is 11.1 Å². The Balaban J connectivity index is 1.52. The van der Waals surface area contributed by atoms with E-state index < -0.39 is 0 Å². The number of fused-ring (bicyclic) bond motifs is 7. The Hall–Kier alpha value is -1.32. The molecule has 5 aliphatic rings. The molecule has 0 amide bonds. The SMILES string of the molecule is CC(=O)OC[C@]12CCC(C(C)C)=C1[C@@H]1CC[C@@H]3[C@]4(C)CC[C@H](OC(C)=O)C(C)(C)[C@@H]4CC[C@]3(C)[C@]1(C)CC2. The van der Waals surface area contributed by atoms with Crippen LogP contribution in [0.4, 0.5) is 0 Å². The maximum Gasteiger partial charge on any atom is 0.302 e. The Morgan fingerprint density at radius 2 is 1.53 bits per heavy atom. The largest absolute Gasteiger partial charge is 0.465 e. The topological polar surface area (TPSA) is 52.6 Å². The zero-order valence-electron chi connectivity index (χ0n) is 25.8. The molecule has 4 heteroatoms. The van der Waals surface area contributed by atoms with E-state index >= 15 is 0 Å². The van der Waals surface area contributed by atoms with Crippen molar-refractivity contribution in [3.8, 4) is 0 Å². The normalized spacial score (nSPS) is 45.5. The fourth-order valence-corrected chi connectivity index (χ4v) is 11.6. The smallest absolute Gasteiger partial charge is 0.302 e. The van der Waals surface area contributed by atoms with Crippen molar-refractivity contribution in [2.24, 2.45) is 50.7 Å². The molecule has 0 bridgehead atoms. The van der Waals surface area contributed by atoms with Crippen LogP contribution in [0.2, 0.25) is 0 Å². The van der Waals surface area contributed by atoms with E-state index in [9.17, 15) is 9.59 Å². The van der Waals surface area contributed by atoms with Crippen LogP contribution in [0.1, 0.15) is 127 Å². The van der Waals surface area contributed by atoms with Gasteiger partial charge in [-0.3, -0.25) is 9.59 Å². The molecule has 4 fully saturated rings. The summed E-state index contributed by atoms with van der Waals surface area (Å²) in [5.74, 6) is 2.15. The molecule has 0 aliphatic heterocycles. The standard InChI is InChI=1S/C34H54O4/c1-21(2)24-12-17-34(20-37-22(3)35)19-18-32(8)25(29(24)34)10-11-27-31(7)15-14-28(38-23(4)36)30(5,6)26(31)13-16-33(27,32)9/h21,25-28H,10-20H2,1-9H3/t25-,26-,27+,28-,31+,32+,33-,34+/m0/s1. The van der Waals surface area contributed by atoms with E-state index in [0.29, 0.717) is 30.3 Å². The number of ether oxygens (including phenoxy) is 2. The molecule has 0 aromatic carbocycles. The van der Waals surface area contributed by atoms with E-state index in [-0.39, 0.29) is 45.1 Å². The third-order valence-corrected chi connectivity index (χ3v) is 13.6. The van der Waals surface area contributed by atoms with Crippen molar-refractivity contribution in [1.82, 2.24) is 0 Å². The second kappa shape index (κ2) is 9.10. The molecule has 0 radical (unpaired) electrons. The van der Waals surface area contributed by atoms with Gasteiger partial charge in [0, 0.05) is 24.7 Å². The Morgan fingerprint density at radius 1 is 0.816 bits per heavy atom. The number of carbonyl (C=O) groups excluding carboxylic acids is 2. The minimum absolute atomic E-state index is 0.00228. The fourth-order valence-electron chi connectivity index (χ4n) is 11.6. The minimum Gasteiger partial charge on any atom is -0.465 e. The van der Waals surface area contributed by atoms with E-state index in [4.69, 9.17) is 9.47 Å². The van der Waals surface area contributed by atoms with Crippen molar-refractivity contribution in [3.05, 3.63) is 11.1 Å². The van der Waals surface area contributed by atoms with Crippen LogP contribution < -0.4 is 0 Å². The maximum atomic E-state index is 11.9. The van der Waals surface area contributed by atoms with E-state index in [1.54, 1.807) is 25.0 Å². The zero-order valence-corrected chi connectivity index (χ0v) is 25.8. The molecule has 214 valence electrons. The number of allylic oxidation sites excluding steroid dienone is 1.